The van der Waals surface area contributed by atoms with Crippen molar-refractivity contribution in [3.05, 3.63) is 29.3 Å². The van der Waals surface area contributed by atoms with E-state index in [1.807, 2.05) is 24.3 Å². The van der Waals surface area contributed by atoms with E-state index < -0.39 is 0 Å². The van der Waals surface area contributed by atoms with Crippen molar-refractivity contribution in [2.24, 2.45) is 0 Å². The third kappa shape index (κ3) is 3.94. The molecule has 1 saturated heterocycles. The van der Waals surface area contributed by atoms with Crippen LogP contribution in [0.1, 0.15) is 17.3 Å². The molecule has 1 fully saturated rings. The van der Waals surface area contributed by atoms with Crippen LogP contribution in [0.5, 0.6) is 5.75 Å². The van der Waals surface area contributed by atoms with E-state index >= 15 is 0 Å². The molecular weight excluding hydrogens is 344 g/mol. The minimum absolute atomic E-state index is 0.0373. The van der Waals surface area contributed by atoms with Crippen molar-refractivity contribution in [3.63, 3.8) is 0 Å². The Morgan fingerprint density at radius 1 is 1.32 bits per heavy atom. The first-order valence-corrected chi connectivity index (χ1v) is 8.49. The van der Waals surface area contributed by atoms with Crippen LogP contribution >= 0.6 is 11.3 Å². The van der Waals surface area contributed by atoms with Gasteiger partial charge in [0.05, 0.1) is 7.11 Å². The molecule has 1 aromatic heterocycles. The summed E-state index contributed by atoms with van der Waals surface area (Å²) in [5, 5.41) is 11.8. The Morgan fingerprint density at radius 2 is 2.08 bits per heavy atom. The lowest BCUT2D eigenvalue weighted by molar-refractivity contribution is -0.119. The number of nitrogens with zero attached hydrogens (tertiary/aromatic N) is 3. The van der Waals surface area contributed by atoms with E-state index in [4.69, 9.17) is 9.47 Å². The van der Waals surface area contributed by atoms with Crippen LogP contribution in [-0.4, -0.2) is 49.4 Å². The number of carbonyl (C=O) groups is 2. The minimum atomic E-state index is -0.285. The fourth-order valence-corrected chi connectivity index (χ4v) is 3.47. The maximum Gasteiger partial charge on any atom is 0.252 e. The number of aromatic nitrogens is 2. The van der Waals surface area contributed by atoms with Gasteiger partial charge < -0.3 is 14.4 Å². The van der Waals surface area contributed by atoms with Crippen LogP contribution in [0, 0.1) is 0 Å². The van der Waals surface area contributed by atoms with Gasteiger partial charge >= 0.3 is 0 Å². The highest BCUT2D eigenvalue weighted by Crippen LogP contribution is 2.34. The van der Waals surface area contributed by atoms with Crippen LogP contribution < -0.4 is 15.0 Å². The molecule has 1 atom stereocenters. The van der Waals surface area contributed by atoms with E-state index in [1.54, 1.807) is 12.0 Å². The molecule has 132 valence electrons. The second-order valence-corrected chi connectivity index (χ2v) is 6.54. The van der Waals surface area contributed by atoms with Crippen molar-refractivity contribution < 1.29 is 19.1 Å². The first-order chi connectivity index (χ1) is 12.1. The maximum atomic E-state index is 12.3. The first-order valence-electron chi connectivity index (χ1n) is 7.67. The Bertz CT molecular complexity index is 762. The molecule has 1 aliphatic heterocycles. The molecule has 0 spiro atoms. The normalized spacial score (nSPS) is 17.0. The fourth-order valence-electron chi connectivity index (χ4n) is 2.62. The lowest BCUT2D eigenvalue weighted by Crippen LogP contribution is -2.24. The van der Waals surface area contributed by atoms with Crippen LogP contribution in [0.15, 0.2) is 24.3 Å². The average Bonchev–Trinajstić information content (AvgIpc) is 3.22. The van der Waals surface area contributed by atoms with Gasteiger partial charge in [-0.25, -0.2) is 0 Å². The molecule has 9 heteroatoms. The lowest BCUT2D eigenvalue weighted by Gasteiger charge is -2.16. The van der Waals surface area contributed by atoms with Gasteiger partial charge in [0.2, 0.25) is 11.0 Å². The number of anilines is 2. The highest BCUT2D eigenvalue weighted by molar-refractivity contribution is 7.15. The summed E-state index contributed by atoms with van der Waals surface area (Å²) in [5.74, 6) is 0.454. The van der Waals surface area contributed by atoms with E-state index in [2.05, 4.69) is 15.5 Å². The number of ether oxygens (including phenoxy) is 2. The average molecular weight is 362 g/mol. The molecule has 1 aromatic carbocycles. The Hall–Kier alpha value is -2.52. The van der Waals surface area contributed by atoms with Gasteiger partial charge in [0.15, 0.2) is 0 Å². The van der Waals surface area contributed by atoms with Crippen LogP contribution in [0.2, 0.25) is 0 Å². The van der Waals surface area contributed by atoms with Crippen LogP contribution in [0.4, 0.5) is 10.8 Å². The summed E-state index contributed by atoms with van der Waals surface area (Å²) < 4.78 is 9.90. The number of benzene rings is 1. The molecule has 1 aliphatic rings. The van der Waals surface area contributed by atoms with E-state index in [0.29, 0.717) is 18.1 Å². The topological polar surface area (TPSA) is 93.7 Å². The van der Waals surface area contributed by atoms with Crippen molar-refractivity contribution >= 4 is 34.0 Å². The van der Waals surface area contributed by atoms with Gasteiger partial charge in [-0.15, -0.1) is 10.2 Å². The van der Waals surface area contributed by atoms with Gasteiger partial charge in [-0.2, -0.15) is 0 Å². The molecule has 2 aromatic rings. The zero-order valence-electron chi connectivity index (χ0n) is 13.9. The largest absolute Gasteiger partial charge is 0.497 e. The van der Waals surface area contributed by atoms with Crippen molar-refractivity contribution in [1.29, 1.82) is 0 Å². The van der Waals surface area contributed by atoms with E-state index in [-0.39, 0.29) is 24.3 Å². The molecule has 0 aliphatic carbocycles. The molecule has 3 rings (SSSR count). The first kappa shape index (κ1) is 17.3. The molecule has 0 radical (unpaired) electrons. The number of hydrogen-bond donors (Lipinski definition) is 1. The number of nitrogens with one attached hydrogen (secondary N) is 1. The summed E-state index contributed by atoms with van der Waals surface area (Å²) in [4.78, 5) is 25.6. The summed E-state index contributed by atoms with van der Waals surface area (Å²) in [7, 11) is 3.05. The Balaban J connectivity index is 1.67. The van der Waals surface area contributed by atoms with Gasteiger partial charge in [-0.05, 0) is 24.3 Å². The quantitative estimate of drug-likeness (QED) is 0.840. The predicted octanol–water partition coefficient (Wildman–Crippen LogP) is 1.65. The fraction of sp³-hybridized carbons (Fsp3) is 0.375. The van der Waals surface area contributed by atoms with Gasteiger partial charge in [-0.3, -0.25) is 14.9 Å². The highest BCUT2D eigenvalue weighted by Gasteiger charge is 2.34. The van der Waals surface area contributed by atoms with Crippen molar-refractivity contribution in [2.45, 2.75) is 12.3 Å². The molecule has 2 heterocycles. The molecule has 8 nitrogen and oxygen atoms in total. The van der Waals surface area contributed by atoms with Crippen LogP contribution in [-0.2, 0) is 14.3 Å². The summed E-state index contributed by atoms with van der Waals surface area (Å²) in [6.45, 7) is 0.494. The summed E-state index contributed by atoms with van der Waals surface area (Å²) in [6, 6.07) is 7.36. The van der Waals surface area contributed by atoms with Crippen molar-refractivity contribution in [2.75, 3.05) is 37.6 Å². The van der Waals surface area contributed by atoms with Crippen molar-refractivity contribution in [1.82, 2.24) is 10.2 Å². The molecular formula is C16H18N4O4S. The zero-order valence-corrected chi connectivity index (χ0v) is 14.7. The standard InChI is InChI=1S/C16H18N4O4S/c1-23-9-13(21)17-16-19-18-15(25-16)10-7-14(22)20(8-10)11-3-5-12(24-2)6-4-11/h3-6,10H,7-9H2,1-2H3,(H,17,19,21). The minimum Gasteiger partial charge on any atom is -0.497 e. The molecule has 1 unspecified atom stereocenters. The molecule has 1 N–H and O–H groups in total. The monoisotopic (exact) mass is 362 g/mol. The Morgan fingerprint density at radius 3 is 2.76 bits per heavy atom. The van der Waals surface area contributed by atoms with E-state index in [9.17, 15) is 9.59 Å². The third-order valence-electron chi connectivity index (χ3n) is 3.82. The third-order valence-corrected chi connectivity index (χ3v) is 4.82. The molecule has 0 saturated carbocycles. The van der Waals surface area contributed by atoms with Gasteiger partial charge in [0.1, 0.15) is 17.4 Å². The summed E-state index contributed by atoms with van der Waals surface area (Å²) >= 11 is 1.28. The van der Waals surface area contributed by atoms with Crippen molar-refractivity contribution in [3.8, 4) is 5.75 Å². The Kier molecular flexibility index (Phi) is 5.25. The number of methoxy groups -OCH3 is 2. The van der Waals surface area contributed by atoms with E-state index in [1.165, 1.54) is 18.4 Å². The van der Waals surface area contributed by atoms with Gasteiger partial charge in [0.25, 0.3) is 5.91 Å². The number of carbonyl (C=O) groups excluding carboxylic acids is 2. The second-order valence-electron chi connectivity index (χ2n) is 5.53. The zero-order chi connectivity index (χ0) is 17.8. The smallest absolute Gasteiger partial charge is 0.252 e. The lowest BCUT2D eigenvalue weighted by atomic mass is 10.1. The maximum absolute atomic E-state index is 12.3. The summed E-state index contributed by atoms with van der Waals surface area (Å²) in [5.41, 5.74) is 0.825. The predicted molar refractivity (Wildman–Crippen MR) is 93.1 cm³/mol. The number of amides is 2. The molecule has 25 heavy (non-hydrogen) atoms. The van der Waals surface area contributed by atoms with Crippen LogP contribution in [0.3, 0.4) is 0 Å². The molecule has 0 bridgehead atoms. The Labute approximate surface area is 148 Å². The second kappa shape index (κ2) is 7.58. The number of hydrogen-bond acceptors (Lipinski definition) is 7. The van der Waals surface area contributed by atoms with Gasteiger partial charge in [0, 0.05) is 31.7 Å². The highest BCUT2D eigenvalue weighted by atomic mass is 32.1. The van der Waals surface area contributed by atoms with Crippen LogP contribution in [0.25, 0.3) is 0 Å². The molecule has 2 amide bonds. The van der Waals surface area contributed by atoms with E-state index in [0.717, 1.165) is 16.4 Å². The summed E-state index contributed by atoms with van der Waals surface area (Å²) in [6.07, 6.45) is 0.368. The SMILES string of the molecule is COCC(=O)Nc1nnc(C2CC(=O)N(c3ccc(OC)cc3)C2)s1. The number of rotatable bonds is 6. The van der Waals surface area contributed by atoms with Gasteiger partial charge in [-0.1, -0.05) is 11.3 Å².